The smallest absolute Gasteiger partial charge is 0.0186 e. The molecule has 0 amide bonds. The van der Waals surface area contributed by atoms with Crippen molar-refractivity contribution in [3.63, 3.8) is 0 Å². The van der Waals surface area contributed by atoms with Gasteiger partial charge in [-0.1, -0.05) is 13.3 Å². The van der Waals surface area contributed by atoms with E-state index in [1.54, 1.807) is 0 Å². The summed E-state index contributed by atoms with van der Waals surface area (Å²) in [5.74, 6) is 0.961. The third kappa shape index (κ3) is 1.52. The third-order valence-corrected chi connectivity index (χ3v) is 3.70. The lowest BCUT2D eigenvalue weighted by molar-refractivity contribution is 0.213. The largest absolute Gasteiger partial charge is 0.309 e. The topological polar surface area (TPSA) is 12.0 Å². The van der Waals surface area contributed by atoms with Crippen LogP contribution in [0.2, 0.25) is 0 Å². The van der Waals surface area contributed by atoms with Gasteiger partial charge in [0.15, 0.2) is 0 Å². The molecule has 1 saturated carbocycles. The molecule has 1 heterocycles. The molecule has 0 aromatic heterocycles. The second-order valence-electron chi connectivity index (χ2n) is 5.07. The zero-order valence-corrected chi connectivity index (χ0v) is 8.40. The molecule has 12 heavy (non-hydrogen) atoms. The summed E-state index contributed by atoms with van der Waals surface area (Å²) in [5, 5.41) is 3.82. The summed E-state index contributed by atoms with van der Waals surface area (Å²) >= 11 is 0. The van der Waals surface area contributed by atoms with Crippen LogP contribution >= 0.6 is 0 Å². The van der Waals surface area contributed by atoms with Gasteiger partial charge in [-0.3, -0.25) is 0 Å². The molecule has 3 atom stereocenters. The van der Waals surface area contributed by atoms with E-state index in [2.05, 4.69) is 19.2 Å². The molecule has 1 saturated heterocycles. The molecule has 1 aliphatic carbocycles. The number of nitrogens with one attached hydrogen (secondary N) is 1. The van der Waals surface area contributed by atoms with Gasteiger partial charge in [-0.15, -0.1) is 0 Å². The van der Waals surface area contributed by atoms with Crippen LogP contribution in [0.1, 0.15) is 52.4 Å². The van der Waals surface area contributed by atoms with Crippen molar-refractivity contribution in [3.8, 4) is 0 Å². The van der Waals surface area contributed by atoms with Crippen LogP contribution in [0.15, 0.2) is 0 Å². The maximum atomic E-state index is 3.82. The molecule has 1 heteroatoms. The quantitative estimate of drug-likeness (QED) is 0.585. The van der Waals surface area contributed by atoms with Crippen molar-refractivity contribution >= 4 is 0 Å². The number of rotatable bonds is 0. The molecular weight excluding hydrogens is 146 g/mol. The highest BCUT2D eigenvalue weighted by Gasteiger charge is 2.39. The van der Waals surface area contributed by atoms with Crippen LogP contribution in [0.3, 0.4) is 0 Å². The van der Waals surface area contributed by atoms with Crippen LogP contribution in [0.5, 0.6) is 0 Å². The molecule has 2 rings (SSSR count). The van der Waals surface area contributed by atoms with Crippen molar-refractivity contribution in [2.24, 2.45) is 5.92 Å². The molecule has 1 spiro atoms. The Morgan fingerprint density at radius 1 is 1.17 bits per heavy atom. The monoisotopic (exact) mass is 167 g/mol. The lowest BCUT2D eigenvalue weighted by Crippen LogP contribution is -2.50. The van der Waals surface area contributed by atoms with Gasteiger partial charge in [0.1, 0.15) is 0 Å². The van der Waals surface area contributed by atoms with Crippen molar-refractivity contribution < 1.29 is 0 Å². The third-order valence-electron chi connectivity index (χ3n) is 3.70. The van der Waals surface area contributed by atoms with Crippen molar-refractivity contribution in [3.05, 3.63) is 0 Å². The molecule has 1 nitrogen and oxygen atoms in total. The van der Waals surface area contributed by atoms with Crippen LogP contribution in [0, 0.1) is 5.92 Å². The average molecular weight is 167 g/mol. The van der Waals surface area contributed by atoms with Gasteiger partial charge in [-0.2, -0.15) is 0 Å². The summed E-state index contributed by atoms with van der Waals surface area (Å²) in [6, 6.07) is 0.768. The highest BCUT2D eigenvalue weighted by atomic mass is 15.0. The Labute approximate surface area is 75.9 Å². The molecule has 70 valence electrons. The Kier molecular flexibility index (Phi) is 2.16. The fourth-order valence-corrected chi connectivity index (χ4v) is 3.17. The Balaban J connectivity index is 2.00. The van der Waals surface area contributed by atoms with Crippen LogP contribution in [-0.2, 0) is 0 Å². The van der Waals surface area contributed by atoms with Gasteiger partial charge in [0.25, 0.3) is 0 Å². The van der Waals surface area contributed by atoms with E-state index in [-0.39, 0.29) is 0 Å². The Bertz CT molecular complexity index is 162. The molecule has 1 aliphatic heterocycles. The highest BCUT2D eigenvalue weighted by molar-refractivity contribution is 4.98. The minimum atomic E-state index is 0.567. The summed E-state index contributed by atoms with van der Waals surface area (Å²) in [7, 11) is 0. The zero-order valence-electron chi connectivity index (χ0n) is 8.40. The fourth-order valence-electron chi connectivity index (χ4n) is 3.17. The minimum Gasteiger partial charge on any atom is -0.309 e. The van der Waals surface area contributed by atoms with Crippen molar-refractivity contribution in [2.75, 3.05) is 0 Å². The highest BCUT2D eigenvalue weighted by Crippen LogP contribution is 2.40. The molecule has 2 aliphatic rings. The molecular formula is C11H21N. The maximum Gasteiger partial charge on any atom is 0.0186 e. The van der Waals surface area contributed by atoms with Gasteiger partial charge in [-0.05, 0) is 44.9 Å². The van der Waals surface area contributed by atoms with E-state index in [4.69, 9.17) is 0 Å². The second-order valence-corrected chi connectivity index (χ2v) is 5.07. The van der Waals surface area contributed by atoms with E-state index >= 15 is 0 Å². The molecule has 1 N–H and O–H groups in total. The van der Waals surface area contributed by atoms with Crippen LogP contribution in [0.4, 0.5) is 0 Å². The Hall–Kier alpha value is -0.0400. The van der Waals surface area contributed by atoms with E-state index in [1.165, 1.54) is 38.5 Å². The van der Waals surface area contributed by atoms with Crippen molar-refractivity contribution in [2.45, 2.75) is 64.0 Å². The maximum absolute atomic E-state index is 3.82. The molecule has 2 fully saturated rings. The van der Waals surface area contributed by atoms with Gasteiger partial charge in [0.05, 0.1) is 0 Å². The molecule has 0 aromatic rings. The summed E-state index contributed by atoms with van der Waals surface area (Å²) in [6.45, 7) is 4.74. The average Bonchev–Trinajstić information content (AvgIpc) is 2.32. The SMILES string of the molecule is CC1CCC2(CCCC(C)N2)C1. The summed E-state index contributed by atoms with van der Waals surface area (Å²) in [6.07, 6.45) is 8.56. The molecule has 3 unspecified atom stereocenters. The Morgan fingerprint density at radius 2 is 2.00 bits per heavy atom. The second kappa shape index (κ2) is 3.02. The first kappa shape index (κ1) is 8.55. The summed E-state index contributed by atoms with van der Waals surface area (Å²) < 4.78 is 0. The van der Waals surface area contributed by atoms with Crippen LogP contribution < -0.4 is 5.32 Å². The Morgan fingerprint density at radius 3 is 2.58 bits per heavy atom. The predicted molar refractivity (Wildman–Crippen MR) is 52.2 cm³/mol. The predicted octanol–water partition coefficient (Wildman–Crippen LogP) is 2.71. The number of hydrogen-bond donors (Lipinski definition) is 1. The number of piperidine rings is 1. The first-order valence-electron chi connectivity index (χ1n) is 5.48. The van der Waals surface area contributed by atoms with Gasteiger partial charge >= 0.3 is 0 Å². The first-order chi connectivity index (χ1) is 5.70. The summed E-state index contributed by atoms with van der Waals surface area (Å²) in [4.78, 5) is 0. The van der Waals surface area contributed by atoms with Gasteiger partial charge in [0.2, 0.25) is 0 Å². The van der Waals surface area contributed by atoms with E-state index in [1.807, 2.05) is 0 Å². The van der Waals surface area contributed by atoms with Gasteiger partial charge in [-0.25, -0.2) is 0 Å². The number of hydrogen-bond acceptors (Lipinski definition) is 1. The van der Waals surface area contributed by atoms with E-state index in [0.29, 0.717) is 5.54 Å². The molecule has 0 bridgehead atoms. The first-order valence-corrected chi connectivity index (χ1v) is 5.48. The van der Waals surface area contributed by atoms with E-state index in [9.17, 15) is 0 Å². The van der Waals surface area contributed by atoms with Crippen LogP contribution in [-0.4, -0.2) is 11.6 Å². The standard InChI is InChI=1S/C11H21N/c1-9-5-7-11(8-9)6-3-4-10(2)12-11/h9-10,12H,3-8H2,1-2H3. The van der Waals surface area contributed by atoms with Crippen molar-refractivity contribution in [1.82, 2.24) is 5.32 Å². The normalized spacial score (nSPS) is 48.5. The molecule has 0 aromatic carbocycles. The van der Waals surface area contributed by atoms with Gasteiger partial charge < -0.3 is 5.32 Å². The van der Waals surface area contributed by atoms with Crippen LogP contribution in [0.25, 0.3) is 0 Å². The lowest BCUT2D eigenvalue weighted by atomic mass is 9.84. The molecule has 0 radical (unpaired) electrons. The van der Waals surface area contributed by atoms with Gasteiger partial charge in [0, 0.05) is 11.6 Å². The van der Waals surface area contributed by atoms with E-state index in [0.717, 1.165) is 12.0 Å². The zero-order chi connectivity index (χ0) is 8.60. The lowest BCUT2D eigenvalue weighted by Gasteiger charge is -2.38. The van der Waals surface area contributed by atoms with Crippen molar-refractivity contribution in [1.29, 1.82) is 0 Å². The fraction of sp³-hybridized carbons (Fsp3) is 1.00. The summed E-state index contributed by atoms with van der Waals surface area (Å²) in [5.41, 5.74) is 0.567. The minimum absolute atomic E-state index is 0.567. The van der Waals surface area contributed by atoms with E-state index < -0.39 is 0 Å².